The molecule has 0 saturated heterocycles. The molecule has 0 bridgehead atoms. The number of likely N-dealkylation sites (N-methyl/N-ethyl adjacent to an activating group) is 1. The predicted molar refractivity (Wildman–Crippen MR) is 130 cm³/mol. The van der Waals surface area contributed by atoms with Crippen LogP contribution in [0.3, 0.4) is 0 Å². The van der Waals surface area contributed by atoms with Crippen LogP contribution in [-0.4, -0.2) is 57.6 Å². The van der Waals surface area contributed by atoms with Gasteiger partial charge in [0.15, 0.2) is 0 Å². The maximum absolute atomic E-state index is 13.5. The topological polar surface area (TPSA) is 96.0 Å². The number of rotatable bonds is 11. The van der Waals surface area contributed by atoms with Crippen LogP contribution in [0.5, 0.6) is 5.75 Å². The van der Waals surface area contributed by atoms with E-state index >= 15 is 0 Å². The third-order valence-electron chi connectivity index (χ3n) is 5.04. The van der Waals surface area contributed by atoms with E-state index < -0.39 is 28.5 Å². The molecule has 8 nitrogen and oxygen atoms in total. The molecule has 0 aliphatic rings. The summed E-state index contributed by atoms with van der Waals surface area (Å²) in [7, 11) is -2.36. The summed E-state index contributed by atoms with van der Waals surface area (Å²) < 4.78 is 31.9. The molecule has 10 heteroatoms. The Morgan fingerprint density at radius 2 is 1.73 bits per heavy atom. The van der Waals surface area contributed by atoms with Gasteiger partial charge < -0.3 is 15.0 Å². The molecule has 1 unspecified atom stereocenters. The van der Waals surface area contributed by atoms with Crippen LogP contribution in [0, 0.1) is 0 Å². The van der Waals surface area contributed by atoms with Crippen LogP contribution in [0.15, 0.2) is 48.5 Å². The van der Waals surface area contributed by atoms with Crippen LogP contribution in [0.1, 0.15) is 25.8 Å². The summed E-state index contributed by atoms with van der Waals surface area (Å²) in [6, 6.07) is 12.8. The van der Waals surface area contributed by atoms with Crippen molar-refractivity contribution in [3.63, 3.8) is 0 Å². The fraction of sp³-hybridized carbons (Fsp3) is 0.391. The van der Waals surface area contributed by atoms with Crippen molar-refractivity contribution in [2.45, 2.75) is 32.9 Å². The molecule has 0 heterocycles. The van der Waals surface area contributed by atoms with Crippen LogP contribution in [0.25, 0.3) is 0 Å². The molecule has 1 N–H and O–H groups in total. The number of hydrogen-bond acceptors (Lipinski definition) is 5. The van der Waals surface area contributed by atoms with Crippen LogP contribution in [0.2, 0.25) is 5.02 Å². The zero-order chi connectivity index (χ0) is 24.6. The van der Waals surface area contributed by atoms with E-state index in [9.17, 15) is 18.0 Å². The molecule has 0 aliphatic heterocycles. The number of sulfonamides is 1. The van der Waals surface area contributed by atoms with Gasteiger partial charge in [0.25, 0.3) is 0 Å². The number of anilines is 1. The number of hydrogen-bond donors (Lipinski definition) is 1. The van der Waals surface area contributed by atoms with E-state index in [0.29, 0.717) is 29.4 Å². The first kappa shape index (κ1) is 26.5. The minimum atomic E-state index is -3.85. The average molecular weight is 496 g/mol. The van der Waals surface area contributed by atoms with Crippen molar-refractivity contribution in [3.8, 4) is 5.75 Å². The second-order valence-corrected chi connectivity index (χ2v) is 9.64. The van der Waals surface area contributed by atoms with Crippen LogP contribution in [-0.2, 0) is 26.2 Å². The van der Waals surface area contributed by atoms with Crippen molar-refractivity contribution in [1.82, 2.24) is 10.2 Å². The molecule has 0 radical (unpaired) electrons. The lowest BCUT2D eigenvalue weighted by Gasteiger charge is -2.33. The third-order valence-corrected chi connectivity index (χ3v) is 6.54. The quantitative estimate of drug-likeness (QED) is 0.517. The van der Waals surface area contributed by atoms with Crippen molar-refractivity contribution in [1.29, 1.82) is 0 Å². The van der Waals surface area contributed by atoms with Gasteiger partial charge in [-0.25, -0.2) is 8.42 Å². The lowest BCUT2D eigenvalue weighted by Crippen LogP contribution is -2.51. The summed E-state index contributed by atoms with van der Waals surface area (Å²) in [5.74, 6) is -0.546. The van der Waals surface area contributed by atoms with Gasteiger partial charge in [0, 0.05) is 18.6 Å². The highest BCUT2D eigenvalue weighted by molar-refractivity contribution is 7.92. The monoisotopic (exact) mass is 495 g/mol. The zero-order valence-corrected chi connectivity index (χ0v) is 20.8. The van der Waals surface area contributed by atoms with Gasteiger partial charge in [0.2, 0.25) is 21.8 Å². The highest BCUT2D eigenvalue weighted by Crippen LogP contribution is 2.30. The lowest BCUT2D eigenvalue weighted by molar-refractivity contribution is -0.140. The van der Waals surface area contributed by atoms with E-state index in [2.05, 4.69) is 5.32 Å². The van der Waals surface area contributed by atoms with E-state index in [4.69, 9.17) is 16.3 Å². The molecule has 0 aromatic heterocycles. The summed E-state index contributed by atoms with van der Waals surface area (Å²) in [6.07, 6.45) is 1.36. The average Bonchev–Trinajstić information content (AvgIpc) is 2.78. The summed E-state index contributed by atoms with van der Waals surface area (Å²) in [5.41, 5.74) is 0.899. The summed E-state index contributed by atoms with van der Waals surface area (Å²) >= 11 is 6.30. The highest BCUT2D eigenvalue weighted by Gasteiger charge is 2.32. The zero-order valence-electron chi connectivity index (χ0n) is 19.2. The number of para-hydroxylation sites is 2. The van der Waals surface area contributed by atoms with E-state index in [-0.39, 0.29) is 18.1 Å². The Balaban J connectivity index is 2.49. The van der Waals surface area contributed by atoms with Crippen molar-refractivity contribution in [3.05, 3.63) is 59.1 Å². The number of carbonyl (C=O) groups excluding carboxylic acids is 2. The Labute approximate surface area is 200 Å². The molecule has 0 spiro atoms. The molecule has 180 valence electrons. The third kappa shape index (κ3) is 6.85. The molecule has 0 aliphatic carbocycles. The smallest absolute Gasteiger partial charge is 0.244 e. The summed E-state index contributed by atoms with van der Waals surface area (Å²) in [4.78, 5) is 27.5. The van der Waals surface area contributed by atoms with E-state index in [1.807, 2.05) is 0 Å². The number of nitrogens with zero attached hydrogens (tertiary/aromatic N) is 2. The molecule has 0 fully saturated rings. The van der Waals surface area contributed by atoms with E-state index in [1.54, 1.807) is 62.4 Å². The molecule has 2 amide bonds. The van der Waals surface area contributed by atoms with Gasteiger partial charge in [-0.1, -0.05) is 48.9 Å². The Morgan fingerprint density at radius 3 is 2.30 bits per heavy atom. The molecule has 2 aromatic carbocycles. The molecule has 2 rings (SSSR count). The molecule has 33 heavy (non-hydrogen) atoms. The van der Waals surface area contributed by atoms with Crippen molar-refractivity contribution >= 4 is 39.1 Å². The number of carbonyl (C=O) groups is 2. The number of benzene rings is 2. The van der Waals surface area contributed by atoms with E-state index in [0.717, 1.165) is 10.6 Å². The Morgan fingerprint density at radius 1 is 1.09 bits per heavy atom. The second kappa shape index (κ2) is 11.9. The van der Waals surface area contributed by atoms with Crippen LogP contribution in [0.4, 0.5) is 5.69 Å². The van der Waals surface area contributed by atoms with Crippen molar-refractivity contribution in [2.75, 3.05) is 30.8 Å². The van der Waals surface area contributed by atoms with Gasteiger partial charge in [-0.05, 0) is 37.1 Å². The SMILES string of the molecule is CCOc1ccccc1N(CC(=O)N(Cc1ccccc1Cl)C(CC)C(=O)NC)S(C)(=O)=O. The van der Waals surface area contributed by atoms with Crippen molar-refractivity contribution < 1.29 is 22.7 Å². The maximum Gasteiger partial charge on any atom is 0.244 e. The summed E-state index contributed by atoms with van der Waals surface area (Å²) in [6.45, 7) is 3.45. The minimum Gasteiger partial charge on any atom is -0.492 e. The maximum atomic E-state index is 13.5. The van der Waals surface area contributed by atoms with Gasteiger partial charge in [-0.2, -0.15) is 0 Å². The normalized spacial score (nSPS) is 12.0. The predicted octanol–water partition coefficient (Wildman–Crippen LogP) is 3.06. The van der Waals surface area contributed by atoms with Crippen LogP contribution >= 0.6 is 11.6 Å². The van der Waals surface area contributed by atoms with Gasteiger partial charge >= 0.3 is 0 Å². The fourth-order valence-electron chi connectivity index (χ4n) is 3.43. The molecule has 2 aromatic rings. The first-order valence-corrected chi connectivity index (χ1v) is 12.8. The summed E-state index contributed by atoms with van der Waals surface area (Å²) in [5, 5.41) is 3.02. The fourth-order valence-corrected chi connectivity index (χ4v) is 4.48. The van der Waals surface area contributed by atoms with Gasteiger partial charge in [0.1, 0.15) is 18.3 Å². The number of nitrogens with one attached hydrogen (secondary N) is 1. The molecular weight excluding hydrogens is 466 g/mol. The Bertz CT molecular complexity index is 1080. The van der Waals surface area contributed by atoms with Gasteiger partial charge in [0.05, 0.1) is 18.6 Å². The largest absolute Gasteiger partial charge is 0.492 e. The van der Waals surface area contributed by atoms with Gasteiger partial charge in [-0.3, -0.25) is 13.9 Å². The highest BCUT2D eigenvalue weighted by atomic mass is 35.5. The standard InChI is InChI=1S/C23H30ClN3O5S/c1-5-19(23(29)25-3)26(15-17-11-7-8-12-18(17)24)22(28)16-27(33(4,30)31)20-13-9-10-14-21(20)32-6-2/h7-14,19H,5-6,15-16H2,1-4H3,(H,25,29). The first-order chi connectivity index (χ1) is 15.6. The van der Waals surface area contributed by atoms with Gasteiger partial charge in [-0.15, -0.1) is 0 Å². The lowest BCUT2D eigenvalue weighted by atomic mass is 10.1. The second-order valence-electron chi connectivity index (χ2n) is 7.32. The van der Waals surface area contributed by atoms with E-state index in [1.165, 1.54) is 11.9 Å². The Hall–Kier alpha value is -2.78. The Kier molecular flexibility index (Phi) is 9.55. The number of halogens is 1. The molecular formula is C23H30ClN3O5S. The number of ether oxygens (including phenoxy) is 1. The minimum absolute atomic E-state index is 0.0507. The van der Waals surface area contributed by atoms with Crippen LogP contribution < -0.4 is 14.4 Å². The van der Waals surface area contributed by atoms with Crippen molar-refractivity contribution in [2.24, 2.45) is 0 Å². The first-order valence-electron chi connectivity index (χ1n) is 10.6. The molecule has 1 atom stereocenters. The molecule has 0 saturated carbocycles. The number of amides is 2.